The number of rotatable bonds is 4. The second-order valence-corrected chi connectivity index (χ2v) is 8.69. The molecule has 3 aliphatic heterocycles. The van der Waals surface area contributed by atoms with E-state index in [9.17, 15) is 18.4 Å². The number of carbonyl (C=O) groups excluding carboxylic acids is 2. The van der Waals surface area contributed by atoms with Gasteiger partial charge in [0.15, 0.2) is 0 Å². The van der Waals surface area contributed by atoms with Crippen molar-refractivity contribution in [3.8, 4) is 0 Å². The second-order valence-electron chi connectivity index (χ2n) is 8.69. The summed E-state index contributed by atoms with van der Waals surface area (Å²) in [7, 11) is 1.48. The van der Waals surface area contributed by atoms with E-state index in [0.717, 1.165) is 30.0 Å². The van der Waals surface area contributed by atoms with Crippen LogP contribution in [0.3, 0.4) is 0 Å². The van der Waals surface area contributed by atoms with Gasteiger partial charge in [-0.3, -0.25) is 14.5 Å². The van der Waals surface area contributed by atoms with Crippen molar-refractivity contribution >= 4 is 28.9 Å². The Morgan fingerprint density at radius 2 is 1.94 bits per heavy atom. The van der Waals surface area contributed by atoms with Gasteiger partial charge in [-0.2, -0.15) is 4.39 Å². The van der Waals surface area contributed by atoms with E-state index < -0.39 is 24.1 Å². The van der Waals surface area contributed by atoms with E-state index in [1.807, 2.05) is 28.0 Å². The highest BCUT2D eigenvalue weighted by Crippen LogP contribution is 2.38. The molecular weight excluding hydrogens is 430 g/mol. The Kier molecular flexibility index (Phi) is 5.61. The molecule has 4 heterocycles. The lowest BCUT2D eigenvalue weighted by molar-refractivity contribution is -0.117. The highest BCUT2D eigenvalue weighted by atomic mass is 19.1. The first kappa shape index (κ1) is 21.6. The number of carbonyl (C=O) groups is 2. The summed E-state index contributed by atoms with van der Waals surface area (Å²) in [5.74, 6) is -1.21. The van der Waals surface area contributed by atoms with Crippen LogP contribution in [0.2, 0.25) is 0 Å². The van der Waals surface area contributed by atoms with Crippen LogP contribution in [0.5, 0.6) is 0 Å². The van der Waals surface area contributed by atoms with Gasteiger partial charge < -0.3 is 20.4 Å². The number of pyridine rings is 1. The van der Waals surface area contributed by atoms with Gasteiger partial charge in [0, 0.05) is 46.2 Å². The first-order valence-corrected chi connectivity index (χ1v) is 11.1. The van der Waals surface area contributed by atoms with E-state index >= 15 is 0 Å². The number of nitrogens with zero attached hydrogens (tertiary/aromatic N) is 4. The minimum absolute atomic E-state index is 0.0548. The average molecular weight is 456 g/mol. The molecule has 10 heteroatoms. The standard InChI is InChI=1S/C23H26F2N6O2/c1-26-22(32)16-3-5-19(21(25)27-16)30-8-6-29(7-9-30)12-14-2-4-18-17(10-14)28-23(33)20-11-15(24)13-31(18)20/h2-5,10,15,20H,6-9,11-13H2,1H3,(H,26,32)(H,28,33)/t15-,20-/m0/s1. The van der Waals surface area contributed by atoms with Gasteiger partial charge in [-0.05, 0) is 29.8 Å². The topological polar surface area (TPSA) is 80.8 Å². The van der Waals surface area contributed by atoms with Gasteiger partial charge in [-0.15, -0.1) is 0 Å². The lowest BCUT2D eigenvalue weighted by Gasteiger charge is -2.36. The maximum absolute atomic E-state index is 14.5. The van der Waals surface area contributed by atoms with E-state index in [1.54, 1.807) is 6.07 Å². The first-order valence-electron chi connectivity index (χ1n) is 11.1. The Morgan fingerprint density at radius 1 is 1.18 bits per heavy atom. The monoisotopic (exact) mass is 456 g/mol. The summed E-state index contributed by atoms with van der Waals surface area (Å²) >= 11 is 0. The van der Waals surface area contributed by atoms with Crippen LogP contribution in [0, 0.1) is 5.95 Å². The SMILES string of the molecule is CNC(=O)c1ccc(N2CCN(Cc3ccc4c(c3)NC(=O)[C@@H]3C[C@H](F)CN43)CC2)c(F)n1. The number of piperazine rings is 1. The fourth-order valence-corrected chi connectivity index (χ4v) is 4.87. The number of halogens is 2. The van der Waals surface area contributed by atoms with Crippen LogP contribution in [0.15, 0.2) is 30.3 Å². The molecule has 8 nitrogen and oxygen atoms in total. The molecule has 2 N–H and O–H groups in total. The Hall–Kier alpha value is -3.27. The van der Waals surface area contributed by atoms with Crippen molar-refractivity contribution in [3.05, 3.63) is 47.5 Å². The van der Waals surface area contributed by atoms with Gasteiger partial charge in [0.05, 0.1) is 23.6 Å². The summed E-state index contributed by atoms with van der Waals surface area (Å²) in [6.07, 6.45) is -0.746. The van der Waals surface area contributed by atoms with Crippen LogP contribution in [-0.2, 0) is 11.3 Å². The molecule has 0 radical (unpaired) electrons. The van der Waals surface area contributed by atoms with E-state index in [0.29, 0.717) is 25.3 Å². The van der Waals surface area contributed by atoms with Crippen LogP contribution in [0.4, 0.5) is 25.8 Å². The van der Waals surface area contributed by atoms with Crippen molar-refractivity contribution < 1.29 is 18.4 Å². The number of alkyl halides is 1. The third kappa shape index (κ3) is 4.10. The molecular formula is C23H26F2N6O2. The largest absolute Gasteiger partial charge is 0.365 e. The summed E-state index contributed by atoms with van der Waals surface area (Å²) in [5.41, 5.74) is 3.10. The van der Waals surface area contributed by atoms with Gasteiger partial charge in [0.2, 0.25) is 11.9 Å². The molecule has 5 rings (SSSR count). The van der Waals surface area contributed by atoms with Crippen molar-refractivity contribution in [1.29, 1.82) is 0 Å². The molecule has 3 aliphatic rings. The number of aromatic nitrogens is 1. The van der Waals surface area contributed by atoms with E-state index in [-0.39, 0.29) is 24.6 Å². The number of anilines is 3. The zero-order valence-electron chi connectivity index (χ0n) is 18.4. The molecule has 0 bridgehead atoms. The molecule has 0 unspecified atom stereocenters. The van der Waals surface area contributed by atoms with Gasteiger partial charge in [0.25, 0.3) is 5.91 Å². The molecule has 1 aromatic carbocycles. The third-order valence-electron chi connectivity index (χ3n) is 6.59. The fourth-order valence-electron chi connectivity index (χ4n) is 4.87. The second kappa shape index (κ2) is 8.58. The molecule has 2 aromatic rings. The van der Waals surface area contributed by atoms with Crippen molar-refractivity contribution in [1.82, 2.24) is 15.2 Å². The zero-order chi connectivity index (χ0) is 23.1. The molecule has 0 saturated carbocycles. The molecule has 2 atom stereocenters. The quantitative estimate of drug-likeness (QED) is 0.683. The predicted octanol–water partition coefficient (Wildman–Crippen LogP) is 1.77. The van der Waals surface area contributed by atoms with Gasteiger partial charge in [-0.25, -0.2) is 9.37 Å². The highest BCUT2D eigenvalue weighted by molar-refractivity contribution is 6.04. The molecule has 33 heavy (non-hydrogen) atoms. The minimum Gasteiger partial charge on any atom is -0.365 e. The number of hydrogen-bond donors (Lipinski definition) is 2. The van der Waals surface area contributed by atoms with Crippen LogP contribution < -0.4 is 20.4 Å². The third-order valence-corrected chi connectivity index (χ3v) is 6.59. The number of nitrogens with one attached hydrogen (secondary N) is 2. The summed E-state index contributed by atoms with van der Waals surface area (Å²) in [6, 6.07) is 8.64. The molecule has 0 spiro atoms. The summed E-state index contributed by atoms with van der Waals surface area (Å²) in [4.78, 5) is 33.9. The smallest absolute Gasteiger partial charge is 0.269 e. The summed E-state index contributed by atoms with van der Waals surface area (Å²) < 4.78 is 28.3. The van der Waals surface area contributed by atoms with Crippen molar-refractivity contribution in [2.24, 2.45) is 0 Å². The summed E-state index contributed by atoms with van der Waals surface area (Å²) in [6.45, 7) is 3.68. The van der Waals surface area contributed by atoms with Gasteiger partial charge in [-0.1, -0.05) is 6.07 Å². The number of fused-ring (bicyclic) bond motifs is 3. The van der Waals surface area contributed by atoms with Crippen molar-refractivity contribution in [3.63, 3.8) is 0 Å². The zero-order valence-corrected chi connectivity index (χ0v) is 18.4. The van der Waals surface area contributed by atoms with Gasteiger partial charge >= 0.3 is 0 Å². The Bertz CT molecular complexity index is 1090. The highest BCUT2D eigenvalue weighted by Gasteiger charge is 2.41. The molecule has 2 fully saturated rings. The molecule has 0 aliphatic carbocycles. The Morgan fingerprint density at radius 3 is 2.67 bits per heavy atom. The van der Waals surface area contributed by atoms with Gasteiger partial charge in [0.1, 0.15) is 17.9 Å². The maximum atomic E-state index is 14.5. The predicted molar refractivity (Wildman–Crippen MR) is 121 cm³/mol. The number of amides is 2. The Labute approximate surface area is 190 Å². The average Bonchev–Trinajstić information content (AvgIpc) is 3.21. The van der Waals surface area contributed by atoms with Crippen LogP contribution in [-0.4, -0.2) is 73.7 Å². The van der Waals surface area contributed by atoms with Crippen molar-refractivity contribution in [2.75, 3.05) is 54.9 Å². The number of benzene rings is 1. The fraction of sp³-hybridized carbons (Fsp3) is 0.435. The van der Waals surface area contributed by atoms with E-state index in [4.69, 9.17) is 0 Å². The van der Waals surface area contributed by atoms with E-state index in [2.05, 4.69) is 20.5 Å². The molecule has 174 valence electrons. The van der Waals surface area contributed by atoms with Crippen LogP contribution in [0.1, 0.15) is 22.5 Å². The normalized spacial score (nSPS) is 22.6. The lowest BCUT2D eigenvalue weighted by Crippen LogP contribution is -2.46. The number of hydrogen-bond acceptors (Lipinski definition) is 6. The molecule has 2 saturated heterocycles. The maximum Gasteiger partial charge on any atom is 0.269 e. The molecule has 2 amide bonds. The first-order chi connectivity index (χ1) is 15.9. The lowest BCUT2D eigenvalue weighted by atomic mass is 10.1. The van der Waals surface area contributed by atoms with Crippen LogP contribution in [0.25, 0.3) is 0 Å². The van der Waals surface area contributed by atoms with Crippen molar-refractivity contribution in [2.45, 2.75) is 25.2 Å². The Balaban J connectivity index is 1.22. The van der Waals surface area contributed by atoms with E-state index in [1.165, 1.54) is 13.1 Å². The minimum atomic E-state index is -0.984. The van der Waals surface area contributed by atoms with Crippen LogP contribution >= 0.6 is 0 Å². The summed E-state index contributed by atoms with van der Waals surface area (Å²) in [5, 5.41) is 5.37. The molecule has 1 aromatic heterocycles.